The topological polar surface area (TPSA) is 114 Å². The summed E-state index contributed by atoms with van der Waals surface area (Å²) in [6, 6.07) is 5.65. The summed E-state index contributed by atoms with van der Waals surface area (Å²) < 4.78 is 15.5. The molecule has 1 saturated heterocycles. The standard InChI is InChI=1S/C24H28N6O4/c1-15-22(16(2)33-27-15)23-26-21(28-34-23)14-30-8-4-7-29(9-10-30)13-18-12-25-20-11-17(24(31)32-3)5-6-19(18)20/h5-6,11-12,25H,4,7-10,13-14H2,1-3H3. The monoisotopic (exact) mass is 464 g/mol. The molecule has 0 saturated carbocycles. The van der Waals surface area contributed by atoms with Gasteiger partial charge in [-0.1, -0.05) is 16.4 Å². The van der Waals surface area contributed by atoms with Crippen LogP contribution in [0.1, 0.15) is 39.6 Å². The van der Waals surface area contributed by atoms with Gasteiger partial charge in [0.2, 0.25) is 0 Å². The molecular formula is C24H28N6O4. The predicted molar refractivity (Wildman–Crippen MR) is 124 cm³/mol. The van der Waals surface area contributed by atoms with Crippen LogP contribution in [0.3, 0.4) is 0 Å². The quantitative estimate of drug-likeness (QED) is 0.429. The fourth-order valence-corrected chi connectivity index (χ4v) is 4.55. The Labute approximate surface area is 196 Å². The van der Waals surface area contributed by atoms with Crippen LogP contribution in [0.4, 0.5) is 0 Å². The molecule has 0 unspecified atom stereocenters. The number of H-pyrrole nitrogens is 1. The lowest BCUT2D eigenvalue weighted by Gasteiger charge is -2.20. The van der Waals surface area contributed by atoms with Crippen molar-refractivity contribution in [3.8, 4) is 11.5 Å². The van der Waals surface area contributed by atoms with Crippen molar-refractivity contribution < 1.29 is 18.6 Å². The third-order valence-corrected chi connectivity index (χ3v) is 6.34. The van der Waals surface area contributed by atoms with Crippen molar-refractivity contribution in [2.45, 2.75) is 33.4 Å². The van der Waals surface area contributed by atoms with E-state index in [4.69, 9.17) is 13.8 Å². The summed E-state index contributed by atoms with van der Waals surface area (Å²) >= 11 is 0. The Balaban J connectivity index is 1.21. The van der Waals surface area contributed by atoms with Gasteiger partial charge < -0.3 is 18.8 Å². The first-order valence-electron chi connectivity index (χ1n) is 11.4. The molecule has 0 amide bonds. The van der Waals surface area contributed by atoms with E-state index in [9.17, 15) is 4.79 Å². The van der Waals surface area contributed by atoms with Gasteiger partial charge >= 0.3 is 5.97 Å². The lowest BCUT2D eigenvalue weighted by atomic mass is 10.1. The van der Waals surface area contributed by atoms with Crippen LogP contribution in [-0.4, -0.2) is 69.3 Å². The van der Waals surface area contributed by atoms with Crippen molar-refractivity contribution in [2.24, 2.45) is 0 Å². The van der Waals surface area contributed by atoms with Crippen LogP contribution in [0, 0.1) is 13.8 Å². The van der Waals surface area contributed by atoms with Crippen molar-refractivity contribution >= 4 is 16.9 Å². The normalized spacial score (nSPS) is 15.6. The number of benzene rings is 1. The largest absolute Gasteiger partial charge is 0.465 e. The third kappa shape index (κ3) is 4.46. The second kappa shape index (κ2) is 9.40. The molecule has 10 heteroatoms. The molecule has 1 fully saturated rings. The van der Waals surface area contributed by atoms with E-state index in [1.54, 1.807) is 0 Å². The minimum Gasteiger partial charge on any atom is -0.465 e. The first kappa shape index (κ1) is 22.3. The van der Waals surface area contributed by atoms with Crippen LogP contribution >= 0.6 is 0 Å². The van der Waals surface area contributed by atoms with Crippen molar-refractivity contribution in [1.82, 2.24) is 30.1 Å². The summed E-state index contributed by atoms with van der Waals surface area (Å²) in [7, 11) is 1.39. The van der Waals surface area contributed by atoms with E-state index in [0.29, 0.717) is 29.6 Å². The van der Waals surface area contributed by atoms with Crippen molar-refractivity contribution in [2.75, 3.05) is 33.3 Å². The number of hydrogen-bond donors (Lipinski definition) is 1. The van der Waals surface area contributed by atoms with Crippen molar-refractivity contribution in [1.29, 1.82) is 0 Å². The molecule has 0 spiro atoms. The Bertz CT molecular complexity index is 1290. The van der Waals surface area contributed by atoms with Gasteiger partial charge in [0.05, 0.1) is 24.9 Å². The number of carbonyl (C=O) groups excluding carboxylic acids is 1. The van der Waals surface area contributed by atoms with Crippen LogP contribution in [-0.2, 0) is 17.8 Å². The average molecular weight is 465 g/mol. The molecule has 3 aromatic heterocycles. The van der Waals surface area contributed by atoms with Crippen molar-refractivity contribution in [3.63, 3.8) is 0 Å². The number of fused-ring (bicyclic) bond motifs is 1. The molecule has 0 radical (unpaired) electrons. The number of carbonyl (C=O) groups is 1. The van der Waals surface area contributed by atoms with Crippen LogP contribution in [0.5, 0.6) is 0 Å². The minimum absolute atomic E-state index is 0.328. The number of aromatic nitrogens is 4. The van der Waals surface area contributed by atoms with Gasteiger partial charge in [0.15, 0.2) is 5.82 Å². The van der Waals surface area contributed by atoms with Gasteiger partial charge in [-0.15, -0.1) is 0 Å². The molecular weight excluding hydrogens is 436 g/mol. The Kier molecular flexibility index (Phi) is 6.16. The Morgan fingerprint density at radius 1 is 1.09 bits per heavy atom. The first-order chi connectivity index (χ1) is 16.5. The van der Waals surface area contributed by atoms with Gasteiger partial charge in [-0.25, -0.2) is 4.79 Å². The lowest BCUT2D eigenvalue weighted by Crippen LogP contribution is -2.30. The van der Waals surface area contributed by atoms with Crippen LogP contribution in [0.15, 0.2) is 33.4 Å². The highest BCUT2D eigenvalue weighted by Crippen LogP contribution is 2.26. The predicted octanol–water partition coefficient (Wildman–Crippen LogP) is 3.32. The summed E-state index contributed by atoms with van der Waals surface area (Å²) in [4.78, 5) is 24.5. The highest BCUT2D eigenvalue weighted by atomic mass is 16.5. The maximum Gasteiger partial charge on any atom is 0.337 e. The summed E-state index contributed by atoms with van der Waals surface area (Å²) in [6.07, 6.45) is 3.09. The maximum atomic E-state index is 11.8. The minimum atomic E-state index is -0.328. The molecule has 1 N–H and O–H groups in total. The lowest BCUT2D eigenvalue weighted by molar-refractivity contribution is 0.0601. The number of nitrogens with zero attached hydrogens (tertiary/aromatic N) is 5. The highest BCUT2D eigenvalue weighted by Gasteiger charge is 2.21. The Hall–Kier alpha value is -3.50. The highest BCUT2D eigenvalue weighted by molar-refractivity contribution is 5.95. The zero-order chi connectivity index (χ0) is 23.7. The molecule has 1 aliphatic heterocycles. The number of aromatic amines is 1. The third-order valence-electron chi connectivity index (χ3n) is 6.34. The Morgan fingerprint density at radius 3 is 2.62 bits per heavy atom. The molecule has 1 aliphatic rings. The second-order valence-corrected chi connectivity index (χ2v) is 8.69. The van der Waals surface area contributed by atoms with Crippen LogP contribution in [0.25, 0.3) is 22.4 Å². The SMILES string of the molecule is COC(=O)c1ccc2c(CN3CCCN(Cc4noc(-c5c(C)noc5C)n4)CC3)c[nH]c2c1. The van der Waals surface area contributed by atoms with Crippen molar-refractivity contribution in [3.05, 3.63) is 52.8 Å². The molecule has 10 nitrogen and oxygen atoms in total. The number of nitrogens with one attached hydrogen (secondary N) is 1. The molecule has 0 bridgehead atoms. The van der Waals surface area contributed by atoms with Gasteiger partial charge in [-0.3, -0.25) is 9.80 Å². The smallest absolute Gasteiger partial charge is 0.337 e. The van der Waals surface area contributed by atoms with E-state index < -0.39 is 0 Å². The van der Waals surface area contributed by atoms with E-state index in [2.05, 4.69) is 30.1 Å². The van der Waals surface area contributed by atoms with E-state index >= 15 is 0 Å². The van der Waals surface area contributed by atoms with E-state index in [1.807, 2.05) is 38.2 Å². The average Bonchev–Trinajstić information content (AvgIpc) is 3.50. The first-order valence-corrected chi connectivity index (χ1v) is 11.4. The number of esters is 1. The Morgan fingerprint density at radius 2 is 1.88 bits per heavy atom. The summed E-state index contributed by atoms with van der Waals surface area (Å²) in [5, 5.41) is 9.26. The molecule has 0 atom stereocenters. The molecule has 34 heavy (non-hydrogen) atoms. The molecule has 4 heterocycles. The number of ether oxygens (including phenoxy) is 1. The zero-order valence-electron chi connectivity index (χ0n) is 19.6. The van der Waals surface area contributed by atoms with Gasteiger partial charge in [0, 0.05) is 36.7 Å². The molecule has 5 rings (SSSR count). The van der Waals surface area contributed by atoms with Gasteiger partial charge in [0.25, 0.3) is 5.89 Å². The van der Waals surface area contributed by atoms with E-state index in [-0.39, 0.29) is 5.97 Å². The van der Waals surface area contributed by atoms with Crippen LogP contribution < -0.4 is 0 Å². The summed E-state index contributed by atoms with van der Waals surface area (Å²) in [5.74, 6) is 1.47. The molecule has 1 aromatic carbocycles. The van der Waals surface area contributed by atoms with E-state index in [1.165, 1.54) is 12.7 Å². The number of hydrogen-bond acceptors (Lipinski definition) is 9. The van der Waals surface area contributed by atoms with Gasteiger partial charge in [-0.05, 0) is 51.1 Å². The molecule has 4 aromatic rings. The number of aryl methyl sites for hydroxylation is 2. The number of methoxy groups -OCH3 is 1. The molecule has 178 valence electrons. The summed E-state index contributed by atoms with van der Waals surface area (Å²) in [6.45, 7) is 9.06. The number of rotatable bonds is 6. The van der Waals surface area contributed by atoms with Gasteiger partial charge in [-0.2, -0.15) is 4.98 Å². The molecule has 0 aliphatic carbocycles. The fraction of sp³-hybridized carbons (Fsp3) is 0.417. The van der Waals surface area contributed by atoms with Gasteiger partial charge in [0.1, 0.15) is 11.3 Å². The maximum absolute atomic E-state index is 11.8. The van der Waals surface area contributed by atoms with Crippen LogP contribution in [0.2, 0.25) is 0 Å². The summed E-state index contributed by atoms with van der Waals surface area (Å²) in [5.41, 5.74) is 4.24. The zero-order valence-corrected chi connectivity index (χ0v) is 19.6. The second-order valence-electron chi connectivity index (χ2n) is 8.69. The fourth-order valence-electron chi connectivity index (χ4n) is 4.55. The van der Waals surface area contributed by atoms with E-state index in [0.717, 1.165) is 61.3 Å².